The lowest BCUT2D eigenvalue weighted by atomic mass is 10.0. The van der Waals surface area contributed by atoms with Crippen LogP contribution < -0.4 is 5.32 Å². The van der Waals surface area contributed by atoms with E-state index >= 15 is 0 Å². The number of halogens is 2. The van der Waals surface area contributed by atoms with Gasteiger partial charge in [0.25, 0.3) is 0 Å². The highest BCUT2D eigenvalue weighted by Gasteiger charge is 2.29. The third kappa shape index (κ3) is 5.51. The average Bonchev–Trinajstić information content (AvgIpc) is 3.16. The highest BCUT2D eigenvalue weighted by atomic mass is 35.5. The third-order valence-electron chi connectivity index (χ3n) is 4.72. The molecule has 3 rings (SSSR count). The predicted octanol–water partition coefficient (Wildman–Crippen LogP) is 4.05. The van der Waals surface area contributed by atoms with E-state index < -0.39 is 0 Å². The Hall–Kier alpha value is -1.47. The zero-order valence-electron chi connectivity index (χ0n) is 15.3. The van der Waals surface area contributed by atoms with Crippen molar-refractivity contribution in [2.75, 3.05) is 26.2 Å². The Labute approximate surface area is 168 Å². The monoisotopic (exact) mass is 410 g/mol. The molecule has 0 aliphatic carbocycles. The molecule has 146 valence electrons. The second kappa shape index (κ2) is 9.64. The Morgan fingerprint density at radius 3 is 3.00 bits per heavy atom. The number of hydrogen-bond acceptors (Lipinski definition) is 4. The summed E-state index contributed by atoms with van der Waals surface area (Å²) in [5.74, 6) is -0.387. The summed E-state index contributed by atoms with van der Waals surface area (Å²) in [4.78, 5) is 15.6. The minimum Gasteiger partial charge on any atom is -0.376 e. The van der Waals surface area contributed by atoms with Gasteiger partial charge in [-0.15, -0.1) is 11.3 Å². The van der Waals surface area contributed by atoms with E-state index in [1.807, 2.05) is 24.4 Å². The van der Waals surface area contributed by atoms with Crippen molar-refractivity contribution >= 4 is 28.8 Å². The minimum absolute atomic E-state index is 0.0397. The van der Waals surface area contributed by atoms with E-state index in [9.17, 15) is 9.18 Å². The first-order chi connectivity index (χ1) is 13.0. The lowest BCUT2D eigenvalue weighted by molar-refractivity contribution is -0.121. The van der Waals surface area contributed by atoms with Crippen molar-refractivity contribution in [1.82, 2.24) is 10.2 Å². The Kier molecular flexibility index (Phi) is 7.24. The molecule has 27 heavy (non-hydrogen) atoms. The van der Waals surface area contributed by atoms with Crippen molar-refractivity contribution in [1.29, 1.82) is 0 Å². The molecule has 0 saturated carbocycles. The van der Waals surface area contributed by atoms with Crippen LogP contribution in [0.2, 0.25) is 5.02 Å². The lowest BCUT2D eigenvalue weighted by Crippen LogP contribution is -2.47. The molecule has 1 saturated heterocycles. The molecular weight excluding hydrogens is 387 g/mol. The van der Waals surface area contributed by atoms with E-state index in [0.29, 0.717) is 49.7 Å². The van der Waals surface area contributed by atoms with Crippen molar-refractivity contribution in [3.63, 3.8) is 0 Å². The van der Waals surface area contributed by atoms with Crippen LogP contribution in [0.5, 0.6) is 0 Å². The van der Waals surface area contributed by atoms with Crippen LogP contribution >= 0.6 is 22.9 Å². The number of nitrogens with zero attached hydrogens (tertiary/aromatic N) is 1. The summed E-state index contributed by atoms with van der Waals surface area (Å²) in [5, 5.41) is 5.35. The van der Waals surface area contributed by atoms with E-state index in [1.54, 1.807) is 23.5 Å². The molecular formula is C20H24ClFN2O2S. The molecule has 0 radical (unpaired) electrons. The number of amides is 1. The SMILES string of the molecule is CC1CN(C(CNC(=O)CCc2cccs2)c2c(F)cccc2Cl)CCO1. The summed E-state index contributed by atoms with van der Waals surface area (Å²) in [7, 11) is 0. The van der Waals surface area contributed by atoms with Gasteiger partial charge in [0.05, 0.1) is 18.8 Å². The number of rotatable bonds is 7. The molecule has 2 aromatic rings. The molecule has 0 spiro atoms. The highest BCUT2D eigenvalue weighted by molar-refractivity contribution is 7.09. The standard InChI is InChI=1S/C20H24ClFN2O2S/c1-14-13-24(9-10-26-14)18(20-16(21)5-2-6-17(20)22)12-23-19(25)8-7-15-4-3-11-27-15/h2-6,11,14,18H,7-10,12-13H2,1H3,(H,23,25). The molecule has 0 bridgehead atoms. The molecule has 1 fully saturated rings. The summed E-state index contributed by atoms with van der Waals surface area (Å²) >= 11 is 7.96. The van der Waals surface area contributed by atoms with Crippen LogP contribution in [0, 0.1) is 5.82 Å². The van der Waals surface area contributed by atoms with Gasteiger partial charge in [0, 0.05) is 41.5 Å². The van der Waals surface area contributed by atoms with Gasteiger partial charge < -0.3 is 10.1 Å². The van der Waals surface area contributed by atoms with Gasteiger partial charge >= 0.3 is 0 Å². The van der Waals surface area contributed by atoms with Crippen LogP contribution in [0.4, 0.5) is 4.39 Å². The van der Waals surface area contributed by atoms with Crippen molar-refractivity contribution < 1.29 is 13.9 Å². The van der Waals surface area contributed by atoms with Crippen molar-refractivity contribution in [3.05, 3.63) is 57.0 Å². The second-order valence-electron chi connectivity index (χ2n) is 6.71. The van der Waals surface area contributed by atoms with Crippen molar-refractivity contribution in [3.8, 4) is 0 Å². The topological polar surface area (TPSA) is 41.6 Å². The first-order valence-corrected chi connectivity index (χ1v) is 10.4. The Bertz CT molecular complexity index is 736. The van der Waals surface area contributed by atoms with Gasteiger partial charge in [-0.05, 0) is 36.9 Å². The third-order valence-corrected chi connectivity index (χ3v) is 5.98. The van der Waals surface area contributed by atoms with Gasteiger partial charge in [0.15, 0.2) is 0 Å². The van der Waals surface area contributed by atoms with Gasteiger partial charge in [0.2, 0.25) is 5.91 Å². The molecule has 1 aromatic heterocycles. The number of morpholine rings is 1. The number of hydrogen-bond donors (Lipinski definition) is 1. The van der Waals surface area contributed by atoms with E-state index in [-0.39, 0.29) is 23.9 Å². The summed E-state index contributed by atoms with van der Waals surface area (Å²) in [6, 6.07) is 8.38. The smallest absolute Gasteiger partial charge is 0.220 e. The average molecular weight is 411 g/mol. The molecule has 7 heteroatoms. The van der Waals surface area contributed by atoms with Crippen LogP contribution in [-0.2, 0) is 16.0 Å². The van der Waals surface area contributed by atoms with Crippen molar-refractivity contribution in [2.45, 2.75) is 31.9 Å². The molecule has 2 unspecified atom stereocenters. The molecule has 1 aliphatic heterocycles. The first-order valence-electron chi connectivity index (χ1n) is 9.13. The number of nitrogens with one attached hydrogen (secondary N) is 1. The first kappa shape index (κ1) is 20.3. The number of carbonyl (C=O) groups is 1. The summed E-state index contributed by atoms with van der Waals surface area (Å²) < 4.78 is 20.2. The van der Waals surface area contributed by atoms with E-state index in [2.05, 4.69) is 10.2 Å². The molecule has 2 atom stereocenters. The number of thiophene rings is 1. The van der Waals surface area contributed by atoms with Gasteiger partial charge in [-0.1, -0.05) is 23.7 Å². The number of aryl methyl sites for hydroxylation is 1. The Morgan fingerprint density at radius 1 is 1.44 bits per heavy atom. The highest BCUT2D eigenvalue weighted by Crippen LogP contribution is 2.31. The van der Waals surface area contributed by atoms with Crippen LogP contribution in [-0.4, -0.2) is 43.2 Å². The van der Waals surface area contributed by atoms with Gasteiger partial charge in [0.1, 0.15) is 5.82 Å². The van der Waals surface area contributed by atoms with Crippen LogP contribution in [0.25, 0.3) is 0 Å². The maximum absolute atomic E-state index is 14.6. The van der Waals surface area contributed by atoms with Crippen molar-refractivity contribution in [2.24, 2.45) is 0 Å². The molecule has 4 nitrogen and oxygen atoms in total. The quantitative estimate of drug-likeness (QED) is 0.748. The number of benzene rings is 1. The lowest BCUT2D eigenvalue weighted by Gasteiger charge is -2.38. The van der Waals surface area contributed by atoms with Crippen LogP contribution in [0.1, 0.15) is 29.8 Å². The Balaban J connectivity index is 1.69. The van der Waals surface area contributed by atoms with Gasteiger partial charge in [-0.25, -0.2) is 4.39 Å². The zero-order valence-corrected chi connectivity index (χ0v) is 16.9. The van der Waals surface area contributed by atoms with Crippen LogP contribution in [0.15, 0.2) is 35.7 Å². The van der Waals surface area contributed by atoms with Gasteiger partial charge in [-0.2, -0.15) is 0 Å². The summed E-state index contributed by atoms with van der Waals surface area (Å²) in [6.45, 7) is 4.23. The van der Waals surface area contributed by atoms with E-state index in [4.69, 9.17) is 16.3 Å². The minimum atomic E-state index is -0.348. The summed E-state index contributed by atoms with van der Waals surface area (Å²) in [6.07, 6.45) is 1.18. The maximum atomic E-state index is 14.6. The Morgan fingerprint density at radius 2 is 2.30 bits per heavy atom. The van der Waals surface area contributed by atoms with Gasteiger partial charge in [-0.3, -0.25) is 9.69 Å². The fraction of sp³-hybridized carbons (Fsp3) is 0.450. The molecule has 1 N–H and O–H groups in total. The van der Waals surface area contributed by atoms with E-state index in [0.717, 1.165) is 0 Å². The summed E-state index contributed by atoms with van der Waals surface area (Å²) in [5.41, 5.74) is 0.437. The maximum Gasteiger partial charge on any atom is 0.220 e. The van der Waals surface area contributed by atoms with E-state index in [1.165, 1.54) is 10.9 Å². The molecule has 2 heterocycles. The molecule has 1 aliphatic rings. The largest absolute Gasteiger partial charge is 0.376 e. The zero-order chi connectivity index (χ0) is 19.2. The molecule has 1 amide bonds. The van der Waals surface area contributed by atoms with Crippen LogP contribution in [0.3, 0.4) is 0 Å². The fourth-order valence-corrected chi connectivity index (χ4v) is 4.36. The normalized spacial score (nSPS) is 19.0. The number of carbonyl (C=O) groups excluding carboxylic acids is 1. The predicted molar refractivity (Wildman–Crippen MR) is 107 cm³/mol. The molecule has 1 aromatic carbocycles. The fourth-order valence-electron chi connectivity index (χ4n) is 3.36. The number of ether oxygens (including phenoxy) is 1. The second-order valence-corrected chi connectivity index (χ2v) is 8.15.